The second-order valence-electron chi connectivity index (χ2n) is 6.43. The molecule has 0 bridgehead atoms. The highest BCUT2D eigenvalue weighted by molar-refractivity contribution is 5.11. The van der Waals surface area contributed by atoms with Gasteiger partial charge >= 0.3 is 0 Å². The number of ether oxygens (including phenoxy) is 1. The molecular weight excluding hydrogens is 266 g/mol. The summed E-state index contributed by atoms with van der Waals surface area (Å²) in [4.78, 5) is 0. The Labute approximate surface area is 126 Å². The molecule has 4 nitrogen and oxygen atoms in total. The lowest BCUT2D eigenvalue weighted by molar-refractivity contribution is -0.150. The molecule has 0 amide bonds. The minimum atomic E-state index is -0.0280. The molecule has 1 aromatic rings. The van der Waals surface area contributed by atoms with Crippen molar-refractivity contribution in [3.05, 3.63) is 23.7 Å². The summed E-state index contributed by atoms with van der Waals surface area (Å²) in [5.74, 6) is 1.55. The first-order chi connectivity index (χ1) is 10.3. The van der Waals surface area contributed by atoms with Crippen molar-refractivity contribution in [2.75, 3.05) is 6.61 Å². The smallest absolute Gasteiger partial charge is 0.129 e. The average molecular weight is 293 g/mol. The number of rotatable bonds is 6. The number of hydrogen-bond donors (Lipinski definition) is 2. The van der Waals surface area contributed by atoms with Gasteiger partial charge in [0.05, 0.1) is 12.6 Å². The van der Waals surface area contributed by atoms with Crippen LogP contribution in [0, 0.1) is 5.41 Å². The molecule has 4 heteroatoms. The molecule has 0 unspecified atom stereocenters. The first-order valence-electron chi connectivity index (χ1n) is 8.32. The van der Waals surface area contributed by atoms with Crippen LogP contribution in [0.25, 0.3) is 0 Å². The number of hydrogen-bond acceptors (Lipinski definition) is 4. The molecular formula is C17H27NO3. The van der Waals surface area contributed by atoms with Crippen LogP contribution in [0.3, 0.4) is 0 Å². The van der Waals surface area contributed by atoms with Crippen molar-refractivity contribution < 1.29 is 14.3 Å². The molecule has 1 aromatic heterocycles. The van der Waals surface area contributed by atoms with Crippen molar-refractivity contribution >= 4 is 0 Å². The summed E-state index contributed by atoms with van der Waals surface area (Å²) in [7, 11) is 0. The van der Waals surface area contributed by atoms with Crippen LogP contribution in [0.5, 0.6) is 0 Å². The molecule has 2 aliphatic carbocycles. The van der Waals surface area contributed by atoms with Crippen molar-refractivity contribution in [3.63, 3.8) is 0 Å². The summed E-state index contributed by atoms with van der Waals surface area (Å²) in [6, 6.07) is 4.33. The molecule has 2 aliphatic rings. The fraction of sp³-hybridized carbons (Fsp3) is 0.765. The summed E-state index contributed by atoms with van der Waals surface area (Å²) in [5, 5.41) is 12.7. The maximum Gasteiger partial charge on any atom is 0.129 e. The Hall–Kier alpha value is -0.840. The van der Waals surface area contributed by atoms with Crippen molar-refractivity contribution in [1.82, 2.24) is 5.32 Å². The maximum absolute atomic E-state index is 9.05. The fourth-order valence-corrected chi connectivity index (χ4v) is 4.18. The Morgan fingerprint density at radius 1 is 1.29 bits per heavy atom. The molecule has 3 rings (SSSR count). The molecule has 0 aliphatic heterocycles. The number of nitrogens with one attached hydrogen (secondary N) is 1. The molecule has 0 radical (unpaired) electrons. The summed E-state index contributed by atoms with van der Waals surface area (Å²) in [6.07, 6.45) is 8.15. The van der Waals surface area contributed by atoms with Gasteiger partial charge in [-0.15, -0.1) is 0 Å². The van der Waals surface area contributed by atoms with Crippen LogP contribution >= 0.6 is 0 Å². The third kappa shape index (κ3) is 2.89. The second-order valence-corrected chi connectivity index (χ2v) is 6.43. The van der Waals surface area contributed by atoms with Gasteiger partial charge in [0.25, 0.3) is 0 Å². The van der Waals surface area contributed by atoms with Gasteiger partial charge in [0.2, 0.25) is 0 Å². The lowest BCUT2D eigenvalue weighted by Gasteiger charge is -2.58. The predicted molar refractivity (Wildman–Crippen MR) is 80.8 cm³/mol. The summed E-state index contributed by atoms with van der Waals surface area (Å²) in [5.41, 5.74) is 0.348. The highest BCUT2D eigenvalue weighted by Crippen LogP contribution is 2.53. The molecule has 2 saturated carbocycles. The van der Waals surface area contributed by atoms with Gasteiger partial charge in [-0.25, -0.2) is 0 Å². The highest BCUT2D eigenvalue weighted by Gasteiger charge is 2.55. The van der Waals surface area contributed by atoms with Crippen LogP contribution in [-0.4, -0.2) is 23.9 Å². The highest BCUT2D eigenvalue weighted by atomic mass is 16.5. The minimum Gasteiger partial charge on any atom is -0.462 e. The third-order valence-electron chi connectivity index (χ3n) is 5.33. The molecule has 2 N–H and O–H groups in total. The van der Waals surface area contributed by atoms with Crippen LogP contribution in [-0.2, 0) is 17.9 Å². The topological polar surface area (TPSA) is 54.6 Å². The normalized spacial score (nSPS) is 27.7. The zero-order chi connectivity index (χ0) is 14.7. The van der Waals surface area contributed by atoms with Gasteiger partial charge in [0.15, 0.2) is 0 Å². The first-order valence-corrected chi connectivity index (χ1v) is 8.32. The van der Waals surface area contributed by atoms with E-state index in [2.05, 4.69) is 12.2 Å². The molecule has 0 aromatic carbocycles. The van der Waals surface area contributed by atoms with Gasteiger partial charge in [0.1, 0.15) is 18.1 Å². The van der Waals surface area contributed by atoms with Crippen LogP contribution in [0.2, 0.25) is 0 Å². The monoisotopic (exact) mass is 293 g/mol. The number of furan rings is 1. The van der Waals surface area contributed by atoms with E-state index in [9.17, 15) is 0 Å². The Morgan fingerprint density at radius 2 is 2.05 bits per heavy atom. The average Bonchev–Trinajstić information content (AvgIpc) is 2.99. The van der Waals surface area contributed by atoms with Gasteiger partial charge in [-0.1, -0.05) is 19.3 Å². The largest absolute Gasteiger partial charge is 0.462 e. The minimum absolute atomic E-state index is 0.0280. The van der Waals surface area contributed by atoms with Gasteiger partial charge in [-0.3, -0.25) is 0 Å². The van der Waals surface area contributed by atoms with Crippen molar-refractivity contribution in [2.24, 2.45) is 5.41 Å². The number of aliphatic hydroxyl groups excluding tert-OH is 1. The molecule has 0 saturated heterocycles. The van der Waals surface area contributed by atoms with Gasteiger partial charge < -0.3 is 19.6 Å². The van der Waals surface area contributed by atoms with E-state index in [1.807, 2.05) is 12.1 Å². The van der Waals surface area contributed by atoms with E-state index in [0.717, 1.165) is 25.3 Å². The van der Waals surface area contributed by atoms with Crippen LogP contribution in [0.1, 0.15) is 57.0 Å². The first kappa shape index (κ1) is 15.1. The van der Waals surface area contributed by atoms with E-state index in [1.165, 1.54) is 32.1 Å². The Bertz CT molecular complexity index is 451. The summed E-state index contributed by atoms with van der Waals surface area (Å²) >= 11 is 0. The summed E-state index contributed by atoms with van der Waals surface area (Å²) in [6.45, 7) is 3.62. The Kier molecular flexibility index (Phi) is 4.67. The standard InChI is InChI=1S/C17H27NO3/c1-2-20-16-10-15(17(16)8-4-3-5-9-17)18-11-13-6-7-14(12-19)21-13/h6-7,15-16,18-19H,2-5,8-12H2,1H3/t15-,16-/m1/s1. The number of aliphatic hydroxyl groups is 1. The van der Waals surface area contributed by atoms with Crippen molar-refractivity contribution in [2.45, 2.75) is 70.7 Å². The second kappa shape index (κ2) is 6.51. The Balaban J connectivity index is 1.59. The van der Waals surface area contributed by atoms with Crippen LogP contribution < -0.4 is 5.32 Å². The maximum atomic E-state index is 9.05. The van der Waals surface area contributed by atoms with E-state index >= 15 is 0 Å². The summed E-state index contributed by atoms with van der Waals surface area (Å²) < 4.78 is 11.5. The molecule has 118 valence electrons. The lowest BCUT2D eigenvalue weighted by atomic mass is 9.55. The van der Waals surface area contributed by atoms with E-state index in [-0.39, 0.29) is 6.61 Å². The lowest BCUT2D eigenvalue weighted by Crippen LogP contribution is -2.64. The third-order valence-corrected chi connectivity index (χ3v) is 5.33. The molecule has 21 heavy (non-hydrogen) atoms. The van der Waals surface area contributed by atoms with Crippen LogP contribution in [0.4, 0.5) is 0 Å². The van der Waals surface area contributed by atoms with Crippen LogP contribution in [0.15, 0.2) is 16.5 Å². The van der Waals surface area contributed by atoms with Gasteiger partial charge in [-0.05, 0) is 38.3 Å². The SMILES string of the molecule is CCO[C@@H]1C[C@@H](NCc2ccc(CO)o2)C12CCCCC2. The Morgan fingerprint density at radius 3 is 2.71 bits per heavy atom. The van der Waals surface area contributed by atoms with E-state index in [4.69, 9.17) is 14.3 Å². The zero-order valence-corrected chi connectivity index (χ0v) is 12.9. The van der Waals surface area contributed by atoms with Crippen molar-refractivity contribution in [3.8, 4) is 0 Å². The van der Waals surface area contributed by atoms with E-state index in [0.29, 0.717) is 23.3 Å². The predicted octanol–water partition coefficient (Wildman–Crippen LogP) is 2.99. The van der Waals surface area contributed by atoms with E-state index in [1.54, 1.807) is 0 Å². The molecule has 2 atom stereocenters. The molecule has 2 fully saturated rings. The fourth-order valence-electron chi connectivity index (χ4n) is 4.18. The van der Waals surface area contributed by atoms with Gasteiger partial charge in [0, 0.05) is 18.1 Å². The zero-order valence-electron chi connectivity index (χ0n) is 12.9. The molecule has 1 heterocycles. The van der Waals surface area contributed by atoms with Gasteiger partial charge in [-0.2, -0.15) is 0 Å². The molecule has 1 spiro atoms. The van der Waals surface area contributed by atoms with E-state index < -0.39 is 0 Å². The quantitative estimate of drug-likeness (QED) is 0.846. The van der Waals surface area contributed by atoms with Crippen molar-refractivity contribution in [1.29, 1.82) is 0 Å².